The van der Waals surface area contributed by atoms with Crippen LogP contribution in [0.4, 0.5) is 0 Å². The molecule has 0 saturated carbocycles. The van der Waals surface area contributed by atoms with Crippen LogP contribution in [0.25, 0.3) is 11.1 Å². The highest BCUT2D eigenvalue weighted by atomic mass is 35.5. The lowest BCUT2D eigenvalue weighted by atomic mass is 9.68. The smallest absolute Gasteiger partial charge is 0.0980 e. The lowest BCUT2D eigenvalue weighted by molar-refractivity contribution is 0.362. The van der Waals surface area contributed by atoms with E-state index in [1.165, 1.54) is 16.7 Å². The highest BCUT2D eigenvalue weighted by Gasteiger charge is 2.35. The van der Waals surface area contributed by atoms with Gasteiger partial charge in [0.15, 0.2) is 0 Å². The monoisotopic (exact) mass is 337 g/mol. The second-order valence-electron chi connectivity index (χ2n) is 6.43. The third kappa shape index (κ3) is 2.77. The molecule has 2 nitrogen and oxygen atoms in total. The summed E-state index contributed by atoms with van der Waals surface area (Å²) in [6.07, 6.45) is 5.69. The summed E-state index contributed by atoms with van der Waals surface area (Å²) in [6.45, 7) is 2.07. The summed E-state index contributed by atoms with van der Waals surface area (Å²) in [5.41, 5.74) is 5.09. The summed E-state index contributed by atoms with van der Waals surface area (Å²) < 4.78 is 5.20. The predicted molar refractivity (Wildman–Crippen MR) is 98.5 cm³/mol. The van der Waals surface area contributed by atoms with Gasteiger partial charge in [-0.15, -0.1) is 0 Å². The SMILES string of the molecule is Clc1ccc(C2(c3ccc(-c4ccoc4)cc3)CCNCC2)cc1. The molecule has 1 fully saturated rings. The van der Waals surface area contributed by atoms with Gasteiger partial charge in [-0.3, -0.25) is 0 Å². The summed E-state index contributed by atoms with van der Waals surface area (Å²) in [4.78, 5) is 0. The van der Waals surface area contributed by atoms with Gasteiger partial charge in [0.05, 0.1) is 12.5 Å². The van der Waals surface area contributed by atoms with E-state index in [1.54, 1.807) is 12.5 Å². The standard InChI is InChI=1S/C21H20ClNO/c22-20-7-5-19(6-8-20)21(10-12-23-13-11-21)18-3-1-16(2-4-18)17-9-14-24-15-17/h1-9,14-15,23H,10-13H2. The van der Waals surface area contributed by atoms with Crippen LogP contribution >= 0.6 is 11.6 Å². The quantitative estimate of drug-likeness (QED) is 0.704. The van der Waals surface area contributed by atoms with Crippen LogP contribution in [0.5, 0.6) is 0 Å². The van der Waals surface area contributed by atoms with Gasteiger partial charge in [-0.25, -0.2) is 0 Å². The van der Waals surface area contributed by atoms with Crippen molar-refractivity contribution in [2.24, 2.45) is 0 Å². The maximum absolute atomic E-state index is 6.10. The van der Waals surface area contributed by atoms with E-state index >= 15 is 0 Å². The summed E-state index contributed by atoms with van der Waals surface area (Å²) in [5.74, 6) is 0. The van der Waals surface area contributed by atoms with E-state index in [9.17, 15) is 0 Å². The third-order valence-corrected chi connectivity index (χ3v) is 5.40. The number of hydrogen-bond donors (Lipinski definition) is 1. The van der Waals surface area contributed by atoms with Gasteiger partial charge in [0, 0.05) is 16.0 Å². The summed E-state index contributed by atoms with van der Waals surface area (Å²) in [7, 11) is 0. The highest BCUT2D eigenvalue weighted by molar-refractivity contribution is 6.30. The first-order valence-corrected chi connectivity index (χ1v) is 8.76. The van der Waals surface area contributed by atoms with Gasteiger partial charge in [0.1, 0.15) is 0 Å². The van der Waals surface area contributed by atoms with Crippen LogP contribution in [0.15, 0.2) is 71.5 Å². The molecule has 1 N–H and O–H groups in total. The fourth-order valence-corrected chi connectivity index (χ4v) is 3.90. The lowest BCUT2D eigenvalue weighted by Gasteiger charge is -2.39. The number of halogens is 1. The van der Waals surface area contributed by atoms with Crippen molar-refractivity contribution >= 4 is 11.6 Å². The van der Waals surface area contributed by atoms with Gasteiger partial charge in [0.25, 0.3) is 0 Å². The Morgan fingerprint density at radius 3 is 2.00 bits per heavy atom. The average molecular weight is 338 g/mol. The van der Waals surface area contributed by atoms with Crippen LogP contribution in [0.3, 0.4) is 0 Å². The molecule has 3 aromatic rings. The van der Waals surface area contributed by atoms with Crippen molar-refractivity contribution in [3.63, 3.8) is 0 Å². The second kappa shape index (κ2) is 6.46. The fourth-order valence-electron chi connectivity index (χ4n) is 3.78. The third-order valence-electron chi connectivity index (χ3n) is 5.15. The first kappa shape index (κ1) is 15.5. The normalized spacial score (nSPS) is 16.9. The average Bonchev–Trinajstić information content (AvgIpc) is 3.18. The molecule has 0 spiro atoms. The number of piperidine rings is 1. The summed E-state index contributed by atoms with van der Waals surface area (Å²) in [6, 6.07) is 19.3. The predicted octanol–water partition coefficient (Wildman–Crippen LogP) is 5.27. The largest absolute Gasteiger partial charge is 0.472 e. The molecule has 0 radical (unpaired) electrons. The Hall–Kier alpha value is -2.03. The van der Waals surface area contributed by atoms with E-state index < -0.39 is 0 Å². The molecule has 1 aromatic heterocycles. The van der Waals surface area contributed by atoms with E-state index in [-0.39, 0.29) is 5.41 Å². The van der Waals surface area contributed by atoms with Crippen molar-refractivity contribution in [3.05, 3.63) is 83.3 Å². The van der Waals surface area contributed by atoms with Crippen LogP contribution in [0.1, 0.15) is 24.0 Å². The zero-order chi connectivity index (χ0) is 16.4. The Morgan fingerprint density at radius 1 is 0.792 bits per heavy atom. The molecule has 2 aromatic carbocycles. The molecule has 3 heteroatoms. The van der Waals surface area contributed by atoms with Crippen LogP contribution in [0, 0.1) is 0 Å². The summed E-state index contributed by atoms with van der Waals surface area (Å²) >= 11 is 6.10. The number of rotatable bonds is 3. The van der Waals surface area contributed by atoms with Gasteiger partial charge in [0.2, 0.25) is 0 Å². The first-order valence-electron chi connectivity index (χ1n) is 8.38. The van der Waals surface area contributed by atoms with E-state index in [2.05, 4.69) is 41.7 Å². The Kier molecular flexibility index (Phi) is 4.17. The van der Waals surface area contributed by atoms with Crippen LogP contribution in [0.2, 0.25) is 5.02 Å². The minimum Gasteiger partial charge on any atom is -0.472 e. The van der Waals surface area contributed by atoms with E-state index in [0.29, 0.717) is 0 Å². The maximum atomic E-state index is 6.10. The Labute approximate surface area is 147 Å². The van der Waals surface area contributed by atoms with Crippen molar-refractivity contribution in [1.82, 2.24) is 5.32 Å². The zero-order valence-corrected chi connectivity index (χ0v) is 14.2. The molecule has 2 heterocycles. The van der Waals surface area contributed by atoms with Gasteiger partial charge < -0.3 is 9.73 Å². The summed E-state index contributed by atoms with van der Waals surface area (Å²) in [5, 5.41) is 4.28. The molecular formula is C21H20ClNO. The minimum absolute atomic E-state index is 0.0603. The number of hydrogen-bond acceptors (Lipinski definition) is 2. The molecule has 0 bridgehead atoms. The van der Waals surface area contributed by atoms with Crippen LogP contribution < -0.4 is 5.32 Å². The number of furan rings is 1. The van der Waals surface area contributed by atoms with Crippen molar-refractivity contribution in [1.29, 1.82) is 0 Å². The van der Waals surface area contributed by atoms with Gasteiger partial charge >= 0.3 is 0 Å². The van der Waals surface area contributed by atoms with Crippen LogP contribution in [-0.2, 0) is 5.41 Å². The lowest BCUT2D eigenvalue weighted by Crippen LogP contribution is -2.40. The Bertz CT molecular complexity index is 785. The van der Waals surface area contributed by atoms with Crippen molar-refractivity contribution in [2.75, 3.05) is 13.1 Å². The molecule has 122 valence electrons. The van der Waals surface area contributed by atoms with Crippen molar-refractivity contribution < 1.29 is 4.42 Å². The molecule has 1 aliphatic heterocycles. The van der Waals surface area contributed by atoms with Crippen molar-refractivity contribution in [2.45, 2.75) is 18.3 Å². The van der Waals surface area contributed by atoms with E-state index in [1.807, 2.05) is 18.2 Å². The molecular weight excluding hydrogens is 318 g/mol. The van der Waals surface area contributed by atoms with Gasteiger partial charge in [-0.1, -0.05) is 48.0 Å². The fraction of sp³-hybridized carbons (Fsp3) is 0.238. The Morgan fingerprint density at radius 2 is 1.42 bits per heavy atom. The molecule has 0 amide bonds. The number of benzene rings is 2. The topological polar surface area (TPSA) is 25.2 Å². The Balaban J connectivity index is 1.75. The number of nitrogens with one attached hydrogen (secondary N) is 1. The van der Waals surface area contributed by atoms with E-state index in [0.717, 1.165) is 36.5 Å². The molecule has 1 aliphatic rings. The molecule has 0 aliphatic carbocycles. The van der Waals surface area contributed by atoms with E-state index in [4.69, 9.17) is 16.0 Å². The molecule has 0 unspecified atom stereocenters. The van der Waals surface area contributed by atoms with Crippen LogP contribution in [-0.4, -0.2) is 13.1 Å². The maximum Gasteiger partial charge on any atom is 0.0980 e. The highest BCUT2D eigenvalue weighted by Crippen LogP contribution is 2.41. The second-order valence-corrected chi connectivity index (χ2v) is 6.86. The van der Waals surface area contributed by atoms with Crippen molar-refractivity contribution in [3.8, 4) is 11.1 Å². The zero-order valence-electron chi connectivity index (χ0n) is 13.5. The first-order chi connectivity index (χ1) is 11.8. The molecule has 1 saturated heterocycles. The molecule has 4 rings (SSSR count). The molecule has 0 atom stereocenters. The van der Waals surface area contributed by atoms with Gasteiger partial charge in [-0.2, -0.15) is 0 Å². The minimum atomic E-state index is 0.0603. The van der Waals surface area contributed by atoms with Gasteiger partial charge in [-0.05, 0) is 60.8 Å². The molecule has 24 heavy (non-hydrogen) atoms.